The van der Waals surface area contributed by atoms with Crippen molar-refractivity contribution < 1.29 is 9.76 Å². The van der Waals surface area contributed by atoms with Gasteiger partial charge in [0, 0.05) is 23.2 Å². The van der Waals surface area contributed by atoms with Crippen LogP contribution in [0.2, 0.25) is 6.82 Å². The van der Waals surface area contributed by atoms with Crippen LogP contribution >= 0.6 is 15.9 Å². The van der Waals surface area contributed by atoms with E-state index >= 15 is 0 Å². The molecule has 16 heavy (non-hydrogen) atoms. The van der Waals surface area contributed by atoms with Crippen molar-refractivity contribution in [2.75, 3.05) is 31.2 Å². The lowest BCUT2D eigenvalue weighted by Gasteiger charge is -2.29. The van der Waals surface area contributed by atoms with Crippen LogP contribution in [0.25, 0.3) is 0 Å². The summed E-state index contributed by atoms with van der Waals surface area (Å²) in [6, 6.07) is 6.08. The highest BCUT2D eigenvalue weighted by atomic mass is 79.9. The minimum Gasteiger partial charge on any atom is -0.446 e. The van der Waals surface area contributed by atoms with Gasteiger partial charge in [-0.3, -0.25) is 0 Å². The second-order valence-corrected chi connectivity index (χ2v) is 4.93. The van der Waals surface area contributed by atoms with Gasteiger partial charge in [0.25, 0.3) is 0 Å². The minimum absolute atomic E-state index is 0.433. The molecule has 0 aromatic heterocycles. The second-order valence-electron chi connectivity index (χ2n) is 4.02. The monoisotopic (exact) mass is 283 g/mol. The fraction of sp³-hybridized carbons (Fsp3) is 0.455. The van der Waals surface area contributed by atoms with Crippen LogP contribution in [0, 0.1) is 0 Å². The van der Waals surface area contributed by atoms with E-state index in [0.29, 0.717) is 0 Å². The standard InChI is InChI=1S/C11H15BBrNO2/c1-12(15)9-6-10(13)8-11(7-9)14-2-4-16-5-3-14/h6-8,15H,2-5H2,1H3. The van der Waals surface area contributed by atoms with Crippen molar-refractivity contribution in [3.05, 3.63) is 22.7 Å². The molecule has 1 aliphatic heterocycles. The molecule has 1 aliphatic rings. The number of anilines is 1. The quantitative estimate of drug-likeness (QED) is 0.826. The van der Waals surface area contributed by atoms with Crippen molar-refractivity contribution in [3.63, 3.8) is 0 Å². The van der Waals surface area contributed by atoms with Crippen LogP contribution in [0.4, 0.5) is 5.69 Å². The summed E-state index contributed by atoms with van der Waals surface area (Å²) in [4.78, 5) is 2.28. The molecule has 0 unspecified atom stereocenters. The van der Waals surface area contributed by atoms with Gasteiger partial charge in [0.1, 0.15) is 0 Å². The highest BCUT2D eigenvalue weighted by Gasteiger charge is 2.14. The molecule has 5 heteroatoms. The second kappa shape index (κ2) is 5.21. The van der Waals surface area contributed by atoms with Crippen molar-refractivity contribution in [2.45, 2.75) is 6.82 Å². The van der Waals surface area contributed by atoms with Crippen LogP contribution in [0.15, 0.2) is 22.7 Å². The van der Waals surface area contributed by atoms with E-state index in [1.54, 1.807) is 6.82 Å². The third-order valence-electron chi connectivity index (χ3n) is 2.76. The molecule has 0 atom stereocenters. The fourth-order valence-electron chi connectivity index (χ4n) is 1.84. The van der Waals surface area contributed by atoms with Crippen molar-refractivity contribution in [3.8, 4) is 0 Å². The summed E-state index contributed by atoms with van der Waals surface area (Å²) in [5.74, 6) is 0. The Labute approximate surface area is 105 Å². The summed E-state index contributed by atoms with van der Waals surface area (Å²) in [6.07, 6.45) is 0. The Morgan fingerprint density at radius 1 is 1.31 bits per heavy atom. The topological polar surface area (TPSA) is 32.7 Å². The number of morpholine rings is 1. The smallest absolute Gasteiger partial charge is 0.320 e. The normalized spacial score (nSPS) is 16.3. The number of rotatable bonds is 2. The zero-order valence-corrected chi connectivity index (χ0v) is 10.9. The van der Waals surface area contributed by atoms with Crippen LogP contribution < -0.4 is 10.4 Å². The average Bonchev–Trinajstić information content (AvgIpc) is 2.29. The fourth-order valence-corrected chi connectivity index (χ4v) is 2.34. The molecule has 1 saturated heterocycles. The number of hydrogen-bond acceptors (Lipinski definition) is 3. The van der Waals surface area contributed by atoms with Gasteiger partial charge in [-0.05, 0) is 17.6 Å². The van der Waals surface area contributed by atoms with E-state index in [1.807, 2.05) is 12.1 Å². The van der Waals surface area contributed by atoms with Crippen LogP contribution in [-0.2, 0) is 4.74 Å². The number of ether oxygens (including phenoxy) is 1. The molecule has 1 heterocycles. The molecule has 0 saturated carbocycles. The van der Waals surface area contributed by atoms with Gasteiger partial charge in [-0.2, -0.15) is 0 Å². The molecular weight excluding hydrogens is 269 g/mol. The predicted molar refractivity (Wildman–Crippen MR) is 70.6 cm³/mol. The first-order valence-corrected chi connectivity index (χ1v) is 6.27. The summed E-state index contributed by atoms with van der Waals surface area (Å²) in [5.41, 5.74) is 2.09. The predicted octanol–water partition coefficient (Wildman–Crippen LogP) is 1.11. The minimum atomic E-state index is -0.433. The zero-order valence-electron chi connectivity index (χ0n) is 9.32. The Hall–Kier alpha value is -0.515. The van der Waals surface area contributed by atoms with Gasteiger partial charge in [0.15, 0.2) is 0 Å². The molecule has 0 bridgehead atoms. The number of halogens is 1. The maximum absolute atomic E-state index is 9.61. The van der Waals surface area contributed by atoms with Crippen LogP contribution in [-0.4, -0.2) is 38.2 Å². The molecule has 1 fully saturated rings. The van der Waals surface area contributed by atoms with E-state index in [1.165, 1.54) is 0 Å². The van der Waals surface area contributed by atoms with Crippen LogP contribution in [0.3, 0.4) is 0 Å². The largest absolute Gasteiger partial charge is 0.446 e. The highest BCUT2D eigenvalue weighted by molar-refractivity contribution is 9.10. The van der Waals surface area contributed by atoms with Crippen LogP contribution in [0.1, 0.15) is 0 Å². The SMILES string of the molecule is CB(O)c1cc(Br)cc(N2CCOCC2)c1. The maximum atomic E-state index is 9.61. The van der Waals surface area contributed by atoms with E-state index in [9.17, 15) is 5.02 Å². The van der Waals surface area contributed by atoms with Gasteiger partial charge >= 0.3 is 6.92 Å². The number of hydrogen-bond donors (Lipinski definition) is 1. The summed E-state index contributed by atoms with van der Waals surface area (Å²) in [5, 5.41) is 9.61. The molecule has 2 rings (SSSR count). The van der Waals surface area contributed by atoms with Gasteiger partial charge in [0.05, 0.1) is 13.2 Å². The molecule has 0 spiro atoms. The van der Waals surface area contributed by atoms with Gasteiger partial charge in [-0.15, -0.1) is 0 Å². The Bertz CT molecular complexity index is 367. The Morgan fingerprint density at radius 2 is 2.00 bits per heavy atom. The van der Waals surface area contributed by atoms with E-state index in [4.69, 9.17) is 4.74 Å². The van der Waals surface area contributed by atoms with Gasteiger partial charge in [-0.1, -0.05) is 28.8 Å². The maximum Gasteiger partial charge on any atom is 0.320 e. The summed E-state index contributed by atoms with van der Waals surface area (Å²) >= 11 is 3.48. The molecular formula is C11H15BBrNO2. The summed E-state index contributed by atoms with van der Waals surface area (Å²) in [6.45, 7) is 4.72. The van der Waals surface area contributed by atoms with Gasteiger partial charge < -0.3 is 14.7 Å². The molecule has 1 N–H and O–H groups in total. The average molecular weight is 284 g/mol. The van der Waals surface area contributed by atoms with Crippen molar-refractivity contribution >= 4 is 34.0 Å². The van der Waals surface area contributed by atoms with E-state index in [-0.39, 0.29) is 0 Å². The Kier molecular flexibility index (Phi) is 3.89. The molecule has 1 aromatic carbocycles. The first-order valence-electron chi connectivity index (χ1n) is 5.48. The Balaban J connectivity index is 2.25. The van der Waals surface area contributed by atoms with E-state index in [0.717, 1.165) is 41.9 Å². The summed E-state index contributed by atoms with van der Waals surface area (Å²) < 4.78 is 6.33. The molecule has 86 valence electrons. The van der Waals surface area contributed by atoms with E-state index < -0.39 is 6.92 Å². The first-order chi connectivity index (χ1) is 7.66. The van der Waals surface area contributed by atoms with Gasteiger partial charge in [-0.25, -0.2) is 0 Å². The molecule has 1 aromatic rings. The number of benzene rings is 1. The van der Waals surface area contributed by atoms with E-state index in [2.05, 4.69) is 26.9 Å². The third-order valence-corrected chi connectivity index (χ3v) is 3.22. The molecule has 3 nitrogen and oxygen atoms in total. The third kappa shape index (κ3) is 2.78. The van der Waals surface area contributed by atoms with Crippen molar-refractivity contribution in [1.82, 2.24) is 0 Å². The lowest BCUT2D eigenvalue weighted by atomic mass is 9.64. The molecule has 0 radical (unpaired) electrons. The highest BCUT2D eigenvalue weighted by Crippen LogP contribution is 2.20. The number of nitrogens with zero attached hydrogens (tertiary/aromatic N) is 1. The van der Waals surface area contributed by atoms with Crippen molar-refractivity contribution in [1.29, 1.82) is 0 Å². The zero-order chi connectivity index (χ0) is 11.5. The lowest BCUT2D eigenvalue weighted by molar-refractivity contribution is 0.122. The first kappa shape index (κ1) is 12.0. The molecule has 0 aliphatic carbocycles. The van der Waals surface area contributed by atoms with Gasteiger partial charge in [0.2, 0.25) is 0 Å². The van der Waals surface area contributed by atoms with Crippen molar-refractivity contribution in [2.24, 2.45) is 0 Å². The molecule has 0 amide bonds. The van der Waals surface area contributed by atoms with Crippen LogP contribution in [0.5, 0.6) is 0 Å². The lowest BCUT2D eigenvalue weighted by Crippen LogP contribution is -2.37. The summed E-state index contributed by atoms with van der Waals surface area (Å²) in [7, 11) is 0. The Morgan fingerprint density at radius 3 is 2.62 bits per heavy atom.